The molecule has 7 heteroatoms. The minimum absolute atomic E-state index is 0.0104. The highest BCUT2D eigenvalue weighted by Gasteiger charge is 2.15. The van der Waals surface area contributed by atoms with Crippen LogP contribution in [0.2, 0.25) is 0 Å². The van der Waals surface area contributed by atoms with E-state index in [2.05, 4.69) is 5.32 Å². The third-order valence-electron chi connectivity index (χ3n) is 3.64. The molecule has 0 aliphatic rings. The van der Waals surface area contributed by atoms with Gasteiger partial charge in [-0.05, 0) is 37.5 Å². The van der Waals surface area contributed by atoms with E-state index in [1.807, 2.05) is 6.92 Å². The van der Waals surface area contributed by atoms with Crippen molar-refractivity contribution in [2.75, 3.05) is 25.9 Å². The molecule has 0 bridgehead atoms. The first-order valence-corrected chi connectivity index (χ1v) is 9.05. The fourth-order valence-electron chi connectivity index (χ4n) is 2.10. The average Bonchev–Trinajstić information content (AvgIpc) is 2.43. The second-order valence-corrected chi connectivity index (χ2v) is 7.25. The normalized spacial score (nSPS) is 11.7. The van der Waals surface area contributed by atoms with Gasteiger partial charge in [0.2, 0.25) is 10.0 Å². The van der Waals surface area contributed by atoms with Gasteiger partial charge in [-0.1, -0.05) is 13.0 Å². The van der Waals surface area contributed by atoms with Crippen molar-refractivity contribution < 1.29 is 18.3 Å². The Morgan fingerprint density at radius 3 is 2.50 bits per heavy atom. The van der Waals surface area contributed by atoms with Crippen molar-refractivity contribution >= 4 is 15.9 Å². The zero-order valence-electron chi connectivity index (χ0n) is 13.5. The van der Waals surface area contributed by atoms with Crippen LogP contribution in [0.1, 0.15) is 34.8 Å². The fraction of sp³-hybridized carbons (Fsp3) is 0.533. The molecule has 0 saturated heterocycles. The lowest BCUT2D eigenvalue weighted by atomic mass is 10.0. The number of amides is 1. The number of aryl methyl sites for hydroxylation is 1. The lowest BCUT2D eigenvalue weighted by molar-refractivity contribution is 0.0950. The van der Waals surface area contributed by atoms with Crippen molar-refractivity contribution in [2.24, 2.45) is 0 Å². The Labute approximate surface area is 132 Å². The lowest BCUT2D eigenvalue weighted by Crippen LogP contribution is -2.33. The summed E-state index contributed by atoms with van der Waals surface area (Å²) >= 11 is 0. The number of benzene rings is 1. The zero-order valence-corrected chi connectivity index (χ0v) is 14.3. The molecular formula is C15H24N2O4S. The summed E-state index contributed by atoms with van der Waals surface area (Å²) in [5.74, 6) is -0.369. The predicted molar refractivity (Wildman–Crippen MR) is 86.6 cm³/mol. The third-order valence-corrected chi connectivity index (χ3v) is 5.02. The van der Waals surface area contributed by atoms with E-state index in [4.69, 9.17) is 0 Å². The first-order chi connectivity index (χ1) is 10.2. The number of carbonyl (C=O) groups excluding carboxylic acids is 1. The number of aromatic hydroxyl groups is 1. The summed E-state index contributed by atoms with van der Waals surface area (Å²) in [5.41, 5.74) is 1.83. The number of phenols is 1. The van der Waals surface area contributed by atoms with Gasteiger partial charge in [0.1, 0.15) is 5.75 Å². The molecule has 124 valence electrons. The van der Waals surface area contributed by atoms with Crippen LogP contribution in [0.15, 0.2) is 12.1 Å². The van der Waals surface area contributed by atoms with Gasteiger partial charge in [0, 0.05) is 19.6 Å². The summed E-state index contributed by atoms with van der Waals surface area (Å²) in [6.45, 7) is 6.50. The molecule has 1 aromatic carbocycles. The van der Waals surface area contributed by atoms with E-state index in [1.165, 1.54) is 10.6 Å². The van der Waals surface area contributed by atoms with Crippen LogP contribution >= 0.6 is 0 Å². The van der Waals surface area contributed by atoms with Gasteiger partial charge in [-0.15, -0.1) is 0 Å². The van der Waals surface area contributed by atoms with Crippen LogP contribution < -0.4 is 5.32 Å². The Hall–Kier alpha value is -1.60. The molecule has 1 aromatic rings. The van der Waals surface area contributed by atoms with Crippen LogP contribution in [0, 0.1) is 13.8 Å². The SMILES string of the molecule is CCN(CCCNC(=O)c1ccc(C)c(C)c1O)S(C)(=O)=O. The summed E-state index contributed by atoms with van der Waals surface area (Å²) in [6.07, 6.45) is 1.68. The number of nitrogens with zero attached hydrogens (tertiary/aromatic N) is 1. The average molecular weight is 328 g/mol. The summed E-state index contributed by atoms with van der Waals surface area (Å²) in [6, 6.07) is 3.37. The maximum Gasteiger partial charge on any atom is 0.255 e. The lowest BCUT2D eigenvalue weighted by Gasteiger charge is -2.17. The molecule has 0 saturated carbocycles. The number of hydrogen-bond donors (Lipinski definition) is 2. The molecule has 0 atom stereocenters. The summed E-state index contributed by atoms with van der Waals surface area (Å²) in [7, 11) is -3.20. The summed E-state index contributed by atoms with van der Waals surface area (Å²) in [5, 5.41) is 12.7. The molecule has 0 aliphatic heterocycles. The zero-order chi connectivity index (χ0) is 16.9. The smallest absolute Gasteiger partial charge is 0.255 e. The highest BCUT2D eigenvalue weighted by Crippen LogP contribution is 2.24. The Morgan fingerprint density at radius 2 is 1.95 bits per heavy atom. The number of nitrogens with one attached hydrogen (secondary N) is 1. The Kier molecular flexibility index (Phi) is 6.37. The number of phenolic OH excluding ortho intramolecular Hbond substituents is 1. The number of sulfonamides is 1. The first kappa shape index (κ1) is 18.4. The Bertz CT molecular complexity index is 641. The molecule has 0 spiro atoms. The second kappa shape index (κ2) is 7.60. The molecule has 1 rings (SSSR count). The van der Waals surface area contributed by atoms with E-state index in [0.717, 1.165) is 5.56 Å². The molecule has 6 nitrogen and oxygen atoms in total. The van der Waals surface area contributed by atoms with Crippen molar-refractivity contribution in [3.63, 3.8) is 0 Å². The Morgan fingerprint density at radius 1 is 1.32 bits per heavy atom. The molecule has 0 unspecified atom stereocenters. The van der Waals surface area contributed by atoms with Gasteiger partial charge in [0.05, 0.1) is 11.8 Å². The topological polar surface area (TPSA) is 86.7 Å². The third kappa shape index (κ3) is 4.71. The van der Waals surface area contributed by atoms with E-state index < -0.39 is 10.0 Å². The maximum absolute atomic E-state index is 12.0. The van der Waals surface area contributed by atoms with Crippen molar-refractivity contribution in [3.8, 4) is 5.75 Å². The minimum atomic E-state index is -3.20. The summed E-state index contributed by atoms with van der Waals surface area (Å²) < 4.78 is 24.2. The van der Waals surface area contributed by atoms with Gasteiger partial charge in [-0.3, -0.25) is 4.79 Å². The van der Waals surface area contributed by atoms with Crippen molar-refractivity contribution in [1.82, 2.24) is 9.62 Å². The standard InChI is InChI=1S/C15H24N2O4S/c1-5-17(22(4,20)21)10-6-9-16-15(19)13-8-7-11(2)12(3)14(13)18/h7-8,18H,5-6,9-10H2,1-4H3,(H,16,19). The van der Waals surface area contributed by atoms with E-state index in [0.29, 0.717) is 31.6 Å². The van der Waals surface area contributed by atoms with Gasteiger partial charge in [0.15, 0.2) is 0 Å². The van der Waals surface area contributed by atoms with E-state index >= 15 is 0 Å². The largest absolute Gasteiger partial charge is 0.507 e. The highest BCUT2D eigenvalue weighted by atomic mass is 32.2. The predicted octanol–water partition coefficient (Wildman–Crippen LogP) is 1.41. The van der Waals surface area contributed by atoms with Crippen LogP contribution in [0.25, 0.3) is 0 Å². The van der Waals surface area contributed by atoms with Crippen LogP contribution in [-0.4, -0.2) is 49.6 Å². The van der Waals surface area contributed by atoms with E-state index in [1.54, 1.807) is 26.0 Å². The van der Waals surface area contributed by atoms with Gasteiger partial charge in [-0.25, -0.2) is 12.7 Å². The molecule has 0 aromatic heterocycles. The molecule has 0 aliphatic carbocycles. The van der Waals surface area contributed by atoms with Gasteiger partial charge in [0.25, 0.3) is 5.91 Å². The summed E-state index contributed by atoms with van der Waals surface area (Å²) in [4.78, 5) is 12.0. The fourth-order valence-corrected chi connectivity index (χ4v) is 3.03. The van der Waals surface area contributed by atoms with Gasteiger partial charge >= 0.3 is 0 Å². The number of carbonyl (C=O) groups is 1. The first-order valence-electron chi connectivity index (χ1n) is 7.21. The van der Waals surface area contributed by atoms with Crippen LogP contribution in [0.4, 0.5) is 0 Å². The van der Waals surface area contributed by atoms with E-state index in [9.17, 15) is 18.3 Å². The minimum Gasteiger partial charge on any atom is -0.507 e. The quantitative estimate of drug-likeness (QED) is 0.741. The molecule has 2 N–H and O–H groups in total. The molecule has 0 radical (unpaired) electrons. The molecule has 0 fully saturated rings. The monoisotopic (exact) mass is 328 g/mol. The molecular weight excluding hydrogens is 304 g/mol. The van der Waals surface area contributed by atoms with E-state index in [-0.39, 0.29) is 17.2 Å². The number of hydrogen-bond acceptors (Lipinski definition) is 4. The van der Waals surface area contributed by atoms with Crippen molar-refractivity contribution in [2.45, 2.75) is 27.2 Å². The van der Waals surface area contributed by atoms with Crippen molar-refractivity contribution in [1.29, 1.82) is 0 Å². The molecule has 22 heavy (non-hydrogen) atoms. The van der Waals surface area contributed by atoms with Crippen LogP contribution in [0.5, 0.6) is 5.75 Å². The van der Waals surface area contributed by atoms with Crippen LogP contribution in [0.3, 0.4) is 0 Å². The van der Waals surface area contributed by atoms with Crippen molar-refractivity contribution in [3.05, 3.63) is 28.8 Å². The van der Waals surface area contributed by atoms with Crippen LogP contribution in [-0.2, 0) is 10.0 Å². The molecule has 0 heterocycles. The van der Waals surface area contributed by atoms with Gasteiger partial charge in [-0.2, -0.15) is 0 Å². The number of rotatable bonds is 7. The maximum atomic E-state index is 12.0. The Balaban J connectivity index is 2.56. The highest BCUT2D eigenvalue weighted by molar-refractivity contribution is 7.88. The molecule has 1 amide bonds. The van der Waals surface area contributed by atoms with Gasteiger partial charge < -0.3 is 10.4 Å². The second-order valence-electron chi connectivity index (χ2n) is 5.27.